The average Bonchev–Trinajstić information content (AvgIpc) is 1.87. The third kappa shape index (κ3) is 14.0. The van der Waals surface area contributed by atoms with E-state index in [-0.39, 0.29) is 51.4 Å². The van der Waals surface area contributed by atoms with E-state index in [4.69, 9.17) is 5.11 Å². The molecule has 0 bridgehead atoms. The van der Waals surface area contributed by atoms with Gasteiger partial charge in [0.15, 0.2) is 0 Å². The van der Waals surface area contributed by atoms with Crippen molar-refractivity contribution < 1.29 is 9.90 Å². The summed E-state index contributed by atoms with van der Waals surface area (Å²) in [6, 6.07) is 0. The second-order valence-corrected chi connectivity index (χ2v) is 2.56. The first kappa shape index (κ1) is 14.6. The molecule has 0 radical (unpaired) electrons. The van der Waals surface area contributed by atoms with Crippen LogP contribution in [0.25, 0.3) is 0 Å². The minimum atomic E-state index is -0.670. The normalized spacial score (nSPS) is 8.82. The second kappa shape index (κ2) is 11.1. The van der Waals surface area contributed by atoms with Crippen molar-refractivity contribution in [2.45, 2.75) is 45.4 Å². The summed E-state index contributed by atoms with van der Waals surface area (Å²) in [6.45, 7) is 2.15. The van der Waals surface area contributed by atoms with Crippen LogP contribution in [0.2, 0.25) is 0 Å². The molecule has 0 rings (SSSR count). The molecule has 0 saturated heterocycles. The quantitative estimate of drug-likeness (QED) is 0.505. The van der Waals surface area contributed by atoms with Gasteiger partial charge in [-0.05, 0) is 6.42 Å². The molecule has 11 heavy (non-hydrogen) atoms. The van der Waals surface area contributed by atoms with Crippen LogP contribution in [-0.4, -0.2) is 62.5 Å². The zero-order chi connectivity index (χ0) is 7.82. The van der Waals surface area contributed by atoms with Crippen molar-refractivity contribution in [1.29, 1.82) is 0 Å². The van der Waals surface area contributed by atoms with Gasteiger partial charge >= 0.3 is 57.4 Å². The van der Waals surface area contributed by atoms with Gasteiger partial charge < -0.3 is 5.11 Å². The van der Waals surface area contributed by atoms with Gasteiger partial charge in [0.1, 0.15) is 0 Å². The molecule has 0 aromatic heterocycles. The molecule has 0 amide bonds. The fourth-order valence-corrected chi connectivity index (χ4v) is 0.880. The summed E-state index contributed by atoms with van der Waals surface area (Å²) in [5, 5.41) is 8.27. The van der Waals surface area contributed by atoms with Crippen LogP contribution in [-0.2, 0) is 4.79 Å². The maximum atomic E-state index is 10.0. The standard InChI is InChI=1S/C8H16O2.K.H/c1-2-3-4-5-6-7-8(9)10;;/h2-7H2,1H3,(H,9,10);;. The van der Waals surface area contributed by atoms with Gasteiger partial charge in [0.25, 0.3) is 0 Å². The fraction of sp³-hybridized carbons (Fsp3) is 0.875. The number of carboxylic acids is 1. The number of rotatable bonds is 6. The third-order valence-corrected chi connectivity index (χ3v) is 1.49. The Kier molecular flexibility index (Phi) is 14.8. The van der Waals surface area contributed by atoms with Crippen LogP contribution in [0.15, 0.2) is 0 Å². The first-order valence-corrected chi connectivity index (χ1v) is 3.99. The van der Waals surface area contributed by atoms with Crippen LogP contribution in [0.1, 0.15) is 45.4 Å². The van der Waals surface area contributed by atoms with E-state index in [1.165, 1.54) is 19.3 Å². The Balaban J connectivity index is 0. The van der Waals surface area contributed by atoms with Gasteiger partial charge in [-0.1, -0.05) is 32.6 Å². The van der Waals surface area contributed by atoms with Gasteiger partial charge in [-0.2, -0.15) is 0 Å². The number of hydrogen-bond acceptors (Lipinski definition) is 1. The van der Waals surface area contributed by atoms with Crippen molar-refractivity contribution in [1.82, 2.24) is 0 Å². The van der Waals surface area contributed by atoms with Crippen LogP contribution in [0.3, 0.4) is 0 Å². The fourth-order valence-electron chi connectivity index (χ4n) is 0.880. The van der Waals surface area contributed by atoms with E-state index in [9.17, 15) is 4.79 Å². The molecule has 0 unspecified atom stereocenters. The number of unbranched alkanes of at least 4 members (excludes halogenated alkanes) is 4. The Bertz CT molecular complexity index is 94.1. The van der Waals surface area contributed by atoms with Gasteiger partial charge in [-0.25, -0.2) is 0 Å². The van der Waals surface area contributed by atoms with Gasteiger partial charge in [0, 0.05) is 6.42 Å². The molecule has 0 aromatic rings. The van der Waals surface area contributed by atoms with Crippen molar-refractivity contribution in [3.8, 4) is 0 Å². The summed E-state index contributed by atoms with van der Waals surface area (Å²) in [4.78, 5) is 10.0. The minimum absolute atomic E-state index is 0. The molecular weight excluding hydrogens is 167 g/mol. The van der Waals surface area contributed by atoms with Crippen LogP contribution < -0.4 is 0 Å². The molecule has 0 aromatic carbocycles. The van der Waals surface area contributed by atoms with E-state index in [1.54, 1.807) is 0 Å². The van der Waals surface area contributed by atoms with Crippen LogP contribution >= 0.6 is 0 Å². The van der Waals surface area contributed by atoms with E-state index >= 15 is 0 Å². The number of carboxylic acid groups (broad SMARTS) is 1. The molecule has 62 valence electrons. The third-order valence-electron chi connectivity index (χ3n) is 1.49. The average molecular weight is 184 g/mol. The molecular formula is C8H17KO2. The van der Waals surface area contributed by atoms with Crippen LogP contribution in [0.5, 0.6) is 0 Å². The van der Waals surface area contributed by atoms with E-state index in [0.717, 1.165) is 12.8 Å². The van der Waals surface area contributed by atoms with Crippen molar-refractivity contribution in [3.63, 3.8) is 0 Å². The molecule has 0 heterocycles. The van der Waals surface area contributed by atoms with Crippen LogP contribution in [0.4, 0.5) is 0 Å². The summed E-state index contributed by atoms with van der Waals surface area (Å²) < 4.78 is 0. The Morgan fingerprint density at radius 3 is 2.18 bits per heavy atom. The summed E-state index contributed by atoms with van der Waals surface area (Å²) in [6.07, 6.45) is 5.88. The molecule has 3 heteroatoms. The Morgan fingerprint density at radius 1 is 1.18 bits per heavy atom. The van der Waals surface area contributed by atoms with Gasteiger partial charge in [0.05, 0.1) is 0 Å². The van der Waals surface area contributed by atoms with E-state index in [2.05, 4.69) is 6.92 Å². The van der Waals surface area contributed by atoms with Gasteiger partial charge in [0.2, 0.25) is 0 Å². The Hall–Kier alpha value is 1.11. The summed E-state index contributed by atoms with van der Waals surface area (Å²) in [5.41, 5.74) is 0. The summed E-state index contributed by atoms with van der Waals surface area (Å²) >= 11 is 0. The van der Waals surface area contributed by atoms with Gasteiger partial charge in [-0.15, -0.1) is 0 Å². The zero-order valence-electron chi connectivity index (χ0n) is 6.60. The topological polar surface area (TPSA) is 37.3 Å². The number of aliphatic carboxylic acids is 1. The molecule has 0 spiro atoms. The molecule has 0 saturated carbocycles. The Labute approximate surface area is 111 Å². The number of carbonyl (C=O) groups is 1. The maximum absolute atomic E-state index is 10.0. The first-order chi connectivity index (χ1) is 4.77. The summed E-state index contributed by atoms with van der Waals surface area (Å²) in [5.74, 6) is -0.670. The molecule has 1 N–H and O–H groups in total. The monoisotopic (exact) mass is 184 g/mol. The predicted molar refractivity (Wildman–Crippen MR) is 48.2 cm³/mol. The molecule has 0 aliphatic carbocycles. The van der Waals surface area contributed by atoms with Crippen molar-refractivity contribution in [2.24, 2.45) is 0 Å². The molecule has 0 aliphatic heterocycles. The van der Waals surface area contributed by atoms with Crippen molar-refractivity contribution in [3.05, 3.63) is 0 Å². The SMILES string of the molecule is CCCCCCCC(=O)O.[KH]. The number of hydrogen-bond donors (Lipinski definition) is 1. The molecule has 0 atom stereocenters. The Morgan fingerprint density at radius 2 is 1.73 bits per heavy atom. The van der Waals surface area contributed by atoms with E-state index in [1.807, 2.05) is 0 Å². The molecule has 0 aliphatic rings. The van der Waals surface area contributed by atoms with Crippen molar-refractivity contribution in [2.75, 3.05) is 0 Å². The van der Waals surface area contributed by atoms with E-state index in [0.29, 0.717) is 6.42 Å². The summed E-state index contributed by atoms with van der Waals surface area (Å²) in [7, 11) is 0. The van der Waals surface area contributed by atoms with E-state index < -0.39 is 5.97 Å². The molecule has 0 fully saturated rings. The molecule has 2 nitrogen and oxygen atoms in total. The predicted octanol–water partition coefficient (Wildman–Crippen LogP) is 1.78. The zero-order valence-corrected chi connectivity index (χ0v) is 6.60. The van der Waals surface area contributed by atoms with Crippen molar-refractivity contribution >= 4 is 57.4 Å². The van der Waals surface area contributed by atoms with Gasteiger partial charge in [-0.3, -0.25) is 4.79 Å². The second-order valence-electron chi connectivity index (χ2n) is 2.56. The van der Waals surface area contributed by atoms with Crippen LogP contribution in [0, 0.1) is 0 Å². The first-order valence-electron chi connectivity index (χ1n) is 3.99.